The molecule has 3 unspecified atom stereocenters. The fourth-order valence-electron chi connectivity index (χ4n) is 6.08. The lowest BCUT2D eigenvalue weighted by Crippen LogP contribution is -2.52. The van der Waals surface area contributed by atoms with Gasteiger partial charge in [0.25, 0.3) is 5.91 Å². The molecule has 254 valence electrons. The summed E-state index contributed by atoms with van der Waals surface area (Å²) >= 11 is 14.0. The summed E-state index contributed by atoms with van der Waals surface area (Å²) in [6.45, 7) is 3.82. The maximum Gasteiger partial charge on any atom is 0.271 e. The summed E-state index contributed by atoms with van der Waals surface area (Å²) in [6.07, 6.45) is 5.49. The molecule has 0 radical (unpaired) electrons. The topological polar surface area (TPSA) is 137 Å². The number of amides is 1. The van der Waals surface area contributed by atoms with Gasteiger partial charge >= 0.3 is 0 Å². The molecule has 3 N–H and O–H groups in total. The Morgan fingerprint density at radius 2 is 2.08 bits per heavy atom. The first-order valence-electron chi connectivity index (χ1n) is 15.8. The molecule has 49 heavy (non-hydrogen) atoms. The monoisotopic (exact) mass is 704 g/mol. The van der Waals surface area contributed by atoms with E-state index in [4.69, 9.17) is 37.3 Å². The van der Waals surface area contributed by atoms with Gasteiger partial charge in [0, 0.05) is 51.1 Å². The summed E-state index contributed by atoms with van der Waals surface area (Å²) in [5.74, 6) is -0.499. The Kier molecular flexibility index (Phi) is 10.5. The zero-order valence-electron chi connectivity index (χ0n) is 26.9. The van der Waals surface area contributed by atoms with E-state index in [2.05, 4.69) is 21.7 Å². The Morgan fingerprint density at radius 1 is 1.29 bits per heavy atom. The molecule has 1 amide bonds. The second-order valence-corrected chi connectivity index (χ2v) is 13.2. The molecule has 0 spiro atoms. The molecular formula is C36H35Cl2FN6O4. The number of carbonyl (C=O) groups excluding carboxylic acids is 1. The van der Waals surface area contributed by atoms with E-state index >= 15 is 0 Å². The third kappa shape index (κ3) is 7.26. The molecule has 6 rings (SSSR count). The normalized spacial score (nSPS) is 20.1. The van der Waals surface area contributed by atoms with Crippen molar-refractivity contribution in [1.82, 2.24) is 25.5 Å². The number of benzene rings is 2. The van der Waals surface area contributed by atoms with Crippen LogP contribution < -0.4 is 10.6 Å². The number of allylic oxidation sites excluding steroid dienone is 2. The van der Waals surface area contributed by atoms with Gasteiger partial charge < -0.3 is 24.9 Å². The number of halogens is 3. The Balaban J connectivity index is 1.40. The van der Waals surface area contributed by atoms with E-state index < -0.39 is 29.1 Å². The molecule has 1 fully saturated rings. The second-order valence-electron chi connectivity index (χ2n) is 12.3. The number of alkyl halides is 2. The third-order valence-corrected chi connectivity index (χ3v) is 9.44. The van der Waals surface area contributed by atoms with Gasteiger partial charge in [-0.2, -0.15) is 5.26 Å². The van der Waals surface area contributed by atoms with Crippen LogP contribution in [0.4, 0.5) is 4.39 Å². The second kappa shape index (κ2) is 14.8. The van der Waals surface area contributed by atoms with Crippen LogP contribution in [-0.4, -0.2) is 70.3 Å². The van der Waals surface area contributed by atoms with Gasteiger partial charge in [-0.15, -0.1) is 11.6 Å². The maximum absolute atomic E-state index is 14.1. The maximum atomic E-state index is 14.1. The number of oxazole rings is 1. The third-order valence-electron chi connectivity index (χ3n) is 8.53. The molecule has 2 aliphatic rings. The molecule has 2 aromatic carbocycles. The molecule has 13 heteroatoms. The van der Waals surface area contributed by atoms with Crippen LogP contribution in [0.2, 0.25) is 5.02 Å². The van der Waals surface area contributed by atoms with Gasteiger partial charge in [0.05, 0.1) is 23.7 Å². The van der Waals surface area contributed by atoms with Crippen LogP contribution in [0.25, 0.3) is 16.7 Å². The van der Waals surface area contributed by atoms with Crippen molar-refractivity contribution in [3.63, 3.8) is 0 Å². The molecule has 3 heterocycles. The van der Waals surface area contributed by atoms with Gasteiger partial charge in [-0.1, -0.05) is 42.0 Å². The van der Waals surface area contributed by atoms with E-state index in [1.165, 1.54) is 0 Å². The number of aromatic nitrogens is 2. The quantitative estimate of drug-likeness (QED) is 0.166. The first kappa shape index (κ1) is 34.7. The highest BCUT2D eigenvalue weighted by Crippen LogP contribution is 2.44. The Hall–Kier alpha value is -4.15. The van der Waals surface area contributed by atoms with E-state index in [0.717, 1.165) is 16.7 Å². The van der Waals surface area contributed by atoms with E-state index in [1.54, 1.807) is 56.6 Å². The molecule has 3 atom stereocenters. The highest BCUT2D eigenvalue weighted by Gasteiger charge is 2.47. The Morgan fingerprint density at radius 3 is 2.80 bits per heavy atom. The number of likely N-dealkylation sites (tertiary alicyclic amines) is 1. The minimum absolute atomic E-state index is 0.0576. The zero-order chi connectivity index (χ0) is 34.7. The number of methoxy groups -OCH3 is 1. The number of ether oxygens (including phenoxy) is 1. The number of hydrogen-bond acceptors (Lipinski definition) is 9. The summed E-state index contributed by atoms with van der Waals surface area (Å²) in [5.41, 5.74) is 3.06. The minimum Gasteiger partial charge on any atom is -0.436 e. The summed E-state index contributed by atoms with van der Waals surface area (Å²) in [4.78, 5) is 25.3. The number of hydrogen-bond donors (Lipinski definition) is 3. The average Bonchev–Trinajstić information content (AvgIpc) is 3.50. The van der Waals surface area contributed by atoms with Gasteiger partial charge in [0.1, 0.15) is 23.5 Å². The number of pyridine rings is 1. The SMILES string of the molecule is COCc1cc(C(=O)NC2(c3nc4cc(CN5CC(F)C5)cc(C#N)c4o3)C=CC=C(c3ccccc3Cl)C2Cl)ncc1CNCC(C)O. The van der Waals surface area contributed by atoms with Gasteiger partial charge in [0.2, 0.25) is 5.89 Å². The van der Waals surface area contributed by atoms with Crippen molar-refractivity contribution in [3.05, 3.63) is 111 Å². The van der Waals surface area contributed by atoms with Crippen LogP contribution in [0.1, 0.15) is 51.1 Å². The molecule has 1 aliphatic heterocycles. The minimum atomic E-state index is -1.55. The van der Waals surface area contributed by atoms with E-state index in [0.29, 0.717) is 54.4 Å². The number of nitrogens with one attached hydrogen (secondary N) is 2. The molecule has 1 aliphatic carbocycles. The van der Waals surface area contributed by atoms with Gasteiger partial charge in [-0.3, -0.25) is 14.7 Å². The predicted molar refractivity (Wildman–Crippen MR) is 185 cm³/mol. The summed E-state index contributed by atoms with van der Waals surface area (Å²) < 4.78 is 25.2. The van der Waals surface area contributed by atoms with E-state index in [9.17, 15) is 19.6 Å². The van der Waals surface area contributed by atoms with Crippen molar-refractivity contribution >= 4 is 45.8 Å². The van der Waals surface area contributed by atoms with Crippen LogP contribution in [0, 0.1) is 11.3 Å². The van der Waals surface area contributed by atoms with Gasteiger partial charge in [-0.05, 0) is 65.1 Å². The molecular weight excluding hydrogens is 670 g/mol. The van der Waals surface area contributed by atoms with Gasteiger partial charge in [-0.25, -0.2) is 9.37 Å². The fraction of sp³-hybridized carbons (Fsp3) is 0.333. The lowest BCUT2D eigenvalue weighted by atomic mass is 9.82. The summed E-state index contributed by atoms with van der Waals surface area (Å²) in [6, 6.07) is 14.6. The van der Waals surface area contributed by atoms with Crippen LogP contribution in [-0.2, 0) is 30.0 Å². The smallest absolute Gasteiger partial charge is 0.271 e. The van der Waals surface area contributed by atoms with Crippen LogP contribution in [0.5, 0.6) is 0 Å². The van der Waals surface area contributed by atoms with Crippen molar-refractivity contribution in [3.8, 4) is 6.07 Å². The van der Waals surface area contributed by atoms with Crippen molar-refractivity contribution < 1.29 is 23.4 Å². The largest absolute Gasteiger partial charge is 0.436 e. The molecule has 10 nitrogen and oxygen atoms in total. The lowest BCUT2D eigenvalue weighted by molar-refractivity contribution is 0.0591. The first-order valence-corrected chi connectivity index (χ1v) is 16.6. The van der Waals surface area contributed by atoms with Crippen molar-refractivity contribution in [1.29, 1.82) is 5.26 Å². The summed E-state index contributed by atoms with van der Waals surface area (Å²) in [7, 11) is 1.56. The van der Waals surface area contributed by atoms with Crippen molar-refractivity contribution in [2.45, 2.75) is 49.8 Å². The number of aliphatic hydroxyl groups is 1. The number of aliphatic hydroxyl groups excluding tert-OH is 1. The van der Waals surface area contributed by atoms with Crippen molar-refractivity contribution in [2.75, 3.05) is 26.7 Å². The van der Waals surface area contributed by atoms with Crippen molar-refractivity contribution in [2.24, 2.45) is 0 Å². The molecule has 2 aromatic heterocycles. The average molecular weight is 706 g/mol. The van der Waals surface area contributed by atoms with Crippen LogP contribution >= 0.6 is 23.2 Å². The predicted octanol–water partition coefficient (Wildman–Crippen LogP) is 5.40. The number of nitrogens with zero attached hydrogens (tertiary/aromatic N) is 4. The zero-order valence-corrected chi connectivity index (χ0v) is 28.4. The first-order chi connectivity index (χ1) is 23.6. The van der Waals surface area contributed by atoms with E-state index in [-0.39, 0.29) is 29.3 Å². The van der Waals surface area contributed by atoms with Gasteiger partial charge in [0.15, 0.2) is 11.1 Å². The summed E-state index contributed by atoms with van der Waals surface area (Å²) in [5, 5.41) is 25.4. The molecule has 0 bridgehead atoms. The van der Waals surface area contributed by atoms with Crippen LogP contribution in [0.15, 0.2) is 71.3 Å². The standard InChI is InChI=1S/C36H35Cl2FN6O4/c1-21(46)14-41-15-25-16-42-31(12-24(25)20-48-2)34(47)44-36(9-5-7-28(33(36)38)27-6-3-4-8-29(27)37)35-43-30-11-22(17-45-18-26(39)19-45)10-23(13-40)32(30)49-35/h3-12,16,21,26,33,41,46H,14-15,17-20H2,1-2H3,(H,44,47). The van der Waals surface area contributed by atoms with E-state index in [1.807, 2.05) is 29.2 Å². The number of fused-ring (bicyclic) bond motifs is 1. The Labute approximate surface area is 293 Å². The number of nitriles is 1. The highest BCUT2D eigenvalue weighted by molar-refractivity contribution is 6.34. The Bertz CT molecular complexity index is 1970. The van der Waals surface area contributed by atoms with Crippen LogP contribution in [0.3, 0.4) is 0 Å². The molecule has 4 aromatic rings. The number of rotatable bonds is 12. The molecule has 0 saturated carbocycles. The molecule has 1 saturated heterocycles. The number of carbonyl (C=O) groups is 1. The fourth-order valence-corrected chi connectivity index (χ4v) is 6.74. The lowest BCUT2D eigenvalue weighted by Gasteiger charge is -2.36. The highest BCUT2D eigenvalue weighted by atomic mass is 35.5.